The van der Waals surface area contributed by atoms with E-state index in [1.165, 1.54) is 25.3 Å². The Kier molecular flexibility index (Phi) is 3.76. The van der Waals surface area contributed by atoms with E-state index in [1.54, 1.807) is 36.4 Å². The second-order valence-corrected chi connectivity index (χ2v) is 4.97. The Morgan fingerprint density at radius 2 is 1.83 bits per heavy atom. The van der Waals surface area contributed by atoms with Crippen molar-refractivity contribution in [2.24, 2.45) is 0 Å². The second-order valence-electron chi connectivity index (χ2n) is 4.97. The summed E-state index contributed by atoms with van der Waals surface area (Å²) in [4.78, 5) is 11.2. The molecule has 1 aromatic heterocycles. The highest BCUT2D eigenvalue weighted by atomic mass is 16.5. The molecule has 0 saturated heterocycles. The van der Waals surface area contributed by atoms with Crippen LogP contribution in [0, 0.1) is 0 Å². The van der Waals surface area contributed by atoms with Crippen LogP contribution in [-0.4, -0.2) is 23.3 Å². The number of fused-ring (bicyclic) bond motifs is 1. The highest BCUT2D eigenvalue weighted by molar-refractivity contribution is 5.94. The number of hydrogen-bond donors (Lipinski definition) is 2. The van der Waals surface area contributed by atoms with Crippen LogP contribution in [0.5, 0.6) is 11.5 Å². The van der Waals surface area contributed by atoms with Crippen molar-refractivity contribution in [2.75, 3.05) is 7.11 Å². The first-order chi connectivity index (χ1) is 11.1. The predicted octanol–water partition coefficient (Wildman–Crippen LogP) is 3.70. The molecule has 2 aromatic carbocycles. The van der Waals surface area contributed by atoms with Crippen LogP contribution in [0.25, 0.3) is 28.4 Å². The van der Waals surface area contributed by atoms with Gasteiger partial charge < -0.3 is 19.4 Å². The van der Waals surface area contributed by atoms with Crippen LogP contribution < -0.4 is 0 Å². The number of phenolic OH excluding ortho intramolecular Hbond substituents is 2. The number of ether oxygens (including phenoxy) is 1. The summed E-state index contributed by atoms with van der Waals surface area (Å²) in [7, 11) is 1.29. The topological polar surface area (TPSA) is 79.9 Å². The maximum Gasteiger partial charge on any atom is 0.330 e. The molecular formula is C18H14O5. The average molecular weight is 310 g/mol. The number of rotatable bonds is 3. The van der Waals surface area contributed by atoms with Gasteiger partial charge >= 0.3 is 5.97 Å². The van der Waals surface area contributed by atoms with Gasteiger partial charge in [0.25, 0.3) is 0 Å². The van der Waals surface area contributed by atoms with E-state index in [9.17, 15) is 15.0 Å². The molecule has 0 bridgehead atoms. The van der Waals surface area contributed by atoms with Crippen LogP contribution in [0.15, 0.2) is 53.0 Å². The monoisotopic (exact) mass is 310 g/mol. The summed E-state index contributed by atoms with van der Waals surface area (Å²) in [5, 5.41) is 19.9. The molecule has 2 N–H and O–H groups in total. The number of furan rings is 1. The Bertz CT molecular complexity index is 888. The van der Waals surface area contributed by atoms with E-state index >= 15 is 0 Å². The molecule has 0 aliphatic carbocycles. The molecule has 0 fully saturated rings. The lowest BCUT2D eigenvalue weighted by molar-refractivity contribution is -0.134. The van der Waals surface area contributed by atoms with Crippen LogP contribution in [-0.2, 0) is 9.53 Å². The summed E-state index contributed by atoms with van der Waals surface area (Å²) < 4.78 is 10.4. The highest BCUT2D eigenvalue weighted by Gasteiger charge is 2.11. The fourth-order valence-electron chi connectivity index (χ4n) is 2.28. The van der Waals surface area contributed by atoms with Crippen LogP contribution >= 0.6 is 0 Å². The number of carbonyl (C=O) groups excluding carboxylic acids is 1. The molecule has 0 spiro atoms. The number of benzene rings is 2. The first-order valence-electron chi connectivity index (χ1n) is 6.89. The third kappa shape index (κ3) is 3.03. The Morgan fingerprint density at radius 1 is 1.09 bits per heavy atom. The fourth-order valence-corrected chi connectivity index (χ4v) is 2.28. The largest absolute Gasteiger partial charge is 0.508 e. The summed E-state index contributed by atoms with van der Waals surface area (Å²) in [5.74, 6) is 0.342. The molecule has 0 radical (unpaired) electrons. The summed E-state index contributed by atoms with van der Waals surface area (Å²) in [6.07, 6.45) is 2.79. The van der Waals surface area contributed by atoms with Gasteiger partial charge in [-0.3, -0.25) is 0 Å². The quantitative estimate of drug-likeness (QED) is 0.569. The molecular weight excluding hydrogens is 296 g/mol. The maximum absolute atomic E-state index is 11.2. The van der Waals surface area contributed by atoms with Gasteiger partial charge in [0.05, 0.1) is 7.11 Å². The molecule has 0 amide bonds. The fraction of sp³-hybridized carbons (Fsp3) is 0.0556. The zero-order valence-electron chi connectivity index (χ0n) is 12.3. The van der Waals surface area contributed by atoms with Crippen molar-refractivity contribution >= 4 is 23.0 Å². The Balaban J connectivity index is 2.09. The smallest absolute Gasteiger partial charge is 0.330 e. The van der Waals surface area contributed by atoms with Crippen molar-refractivity contribution in [3.8, 4) is 22.8 Å². The van der Waals surface area contributed by atoms with Gasteiger partial charge in [-0.1, -0.05) is 0 Å². The summed E-state index contributed by atoms with van der Waals surface area (Å²) in [6.45, 7) is 0. The van der Waals surface area contributed by atoms with Crippen LogP contribution in [0.2, 0.25) is 0 Å². The Morgan fingerprint density at radius 3 is 2.52 bits per heavy atom. The van der Waals surface area contributed by atoms with Gasteiger partial charge in [-0.05, 0) is 48.5 Å². The van der Waals surface area contributed by atoms with Gasteiger partial charge in [0.15, 0.2) is 0 Å². The van der Waals surface area contributed by atoms with Gasteiger partial charge in [-0.25, -0.2) is 4.79 Å². The van der Waals surface area contributed by atoms with Gasteiger partial charge in [0.1, 0.15) is 22.8 Å². The molecule has 5 nitrogen and oxygen atoms in total. The van der Waals surface area contributed by atoms with E-state index in [-0.39, 0.29) is 11.5 Å². The molecule has 1 heterocycles. The summed E-state index contributed by atoms with van der Waals surface area (Å²) >= 11 is 0. The van der Waals surface area contributed by atoms with Crippen molar-refractivity contribution in [1.29, 1.82) is 0 Å². The van der Waals surface area contributed by atoms with Crippen molar-refractivity contribution < 1.29 is 24.2 Å². The SMILES string of the molecule is COC(=O)/C=C/c1cc(O)cc2cc(-c3ccc(O)cc3)oc12. The molecule has 5 heteroatoms. The van der Waals surface area contributed by atoms with Crippen LogP contribution in [0.4, 0.5) is 0 Å². The average Bonchev–Trinajstić information content (AvgIpc) is 2.96. The number of hydrogen-bond acceptors (Lipinski definition) is 5. The van der Waals surface area contributed by atoms with Gasteiger partial charge in [0.2, 0.25) is 0 Å². The van der Waals surface area contributed by atoms with Gasteiger partial charge in [-0.2, -0.15) is 0 Å². The Labute approximate surface area is 132 Å². The number of methoxy groups -OCH3 is 1. The minimum absolute atomic E-state index is 0.0695. The minimum Gasteiger partial charge on any atom is -0.508 e. The van der Waals surface area contributed by atoms with Crippen molar-refractivity contribution in [1.82, 2.24) is 0 Å². The van der Waals surface area contributed by atoms with Crippen molar-refractivity contribution in [3.63, 3.8) is 0 Å². The molecule has 0 aliphatic rings. The van der Waals surface area contributed by atoms with Crippen molar-refractivity contribution in [2.45, 2.75) is 0 Å². The maximum atomic E-state index is 11.2. The first kappa shape index (κ1) is 14.7. The zero-order chi connectivity index (χ0) is 16.4. The molecule has 23 heavy (non-hydrogen) atoms. The first-order valence-corrected chi connectivity index (χ1v) is 6.89. The third-order valence-electron chi connectivity index (χ3n) is 3.38. The standard InChI is InChI=1S/C18H14O5/c1-22-17(21)7-4-12-8-15(20)9-13-10-16(23-18(12)13)11-2-5-14(19)6-3-11/h2-10,19-20H,1H3/b7-4+. The number of phenols is 2. The van der Waals surface area contributed by atoms with Crippen LogP contribution in [0.3, 0.4) is 0 Å². The molecule has 3 aromatic rings. The number of esters is 1. The molecule has 116 valence electrons. The van der Waals surface area contributed by atoms with Gasteiger partial charge in [0, 0.05) is 22.6 Å². The zero-order valence-corrected chi connectivity index (χ0v) is 12.3. The second kappa shape index (κ2) is 5.88. The predicted molar refractivity (Wildman–Crippen MR) is 86.0 cm³/mol. The van der Waals surface area contributed by atoms with E-state index in [2.05, 4.69) is 4.74 Å². The van der Waals surface area contributed by atoms with E-state index in [0.717, 1.165) is 5.56 Å². The van der Waals surface area contributed by atoms with E-state index in [4.69, 9.17) is 4.42 Å². The Hall–Kier alpha value is -3.21. The van der Waals surface area contributed by atoms with E-state index in [0.29, 0.717) is 22.3 Å². The van der Waals surface area contributed by atoms with Gasteiger partial charge in [-0.15, -0.1) is 0 Å². The molecule has 0 atom stereocenters. The van der Waals surface area contributed by atoms with E-state index in [1.807, 2.05) is 0 Å². The molecule has 0 unspecified atom stereocenters. The molecule has 0 aliphatic heterocycles. The van der Waals surface area contributed by atoms with E-state index < -0.39 is 5.97 Å². The summed E-state index contributed by atoms with van der Waals surface area (Å²) in [5.41, 5.74) is 1.91. The molecule has 3 rings (SSSR count). The van der Waals surface area contributed by atoms with Crippen molar-refractivity contribution in [3.05, 3.63) is 54.1 Å². The number of aromatic hydroxyl groups is 2. The molecule has 0 saturated carbocycles. The normalized spacial score (nSPS) is 11.2. The lowest BCUT2D eigenvalue weighted by atomic mass is 10.1. The highest BCUT2D eigenvalue weighted by Crippen LogP contribution is 2.33. The minimum atomic E-state index is -0.494. The third-order valence-corrected chi connectivity index (χ3v) is 3.38. The summed E-state index contributed by atoms with van der Waals surface area (Å²) in [6, 6.07) is 11.5. The lowest BCUT2D eigenvalue weighted by Gasteiger charge is -1.99. The van der Waals surface area contributed by atoms with Crippen LogP contribution in [0.1, 0.15) is 5.56 Å². The number of carbonyl (C=O) groups is 1. The lowest BCUT2D eigenvalue weighted by Crippen LogP contribution is -1.93.